The second-order valence-corrected chi connectivity index (χ2v) is 6.15. The van der Waals surface area contributed by atoms with E-state index in [0.717, 1.165) is 28.6 Å². The summed E-state index contributed by atoms with van der Waals surface area (Å²) in [4.78, 5) is 25.9. The van der Waals surface area contributed by atoms with Crippen LogP contribution in [0, 0.1) is 0 Å². The molecule has 0 saturated heterocycles. The molecule has 1 N–H and O–H groups in total. The molecule has 0 unspecified atom stereocenters. The zero-order valence-electron chi connectivity index (χ0n) is 14.7. The van der Waals surface area contributed by atoms with E-state index in [1.54, 1.807) is 18.6 Å². The monoisotopic (exact) mass is 354 g/mol. The summed E-state index contributed by atoms with van der Waals surface area (Å²) in [5, 5.41) is 3.84. The van der Waals surface area contributed by atoms with E-state index in [9.17, 15) is 4.79 Å². The van der Waals surface area contributed by atoms with E-state index < -0.39 is 0 Å². The maximum atomic E-state index is 12.9. The Bertz CT molecular complexity index is 1070. The Hall–Kier alpha value is -3.60. The molecule has 0 spiro atoms. The summed E-state index contributed by atoms with van der Waals surface area (Å²) in [5.74, 6) is -0.111. The van der Waals surface area contributed by atoms with Crippen molar-refractivity contribution in [3.8, 4) is 11.4 Å². The van der Waals surface area contributed by atoms with E-state index in [1.165, 1.54) is 0 Å². The van der Waals surface area contributed by atoms with Crippen molar-refractivity contribution in [2.24, 2.45) is 0 Å². The lowest BCUT2D eigenvalue weighted by Gasteiger charge is -2.10. The van der Waals surface area contributed by atoms with Gasteiger partial charge < -0.3 is 5.32 Å². The topological polar surface area (TPSA) is 67.8 Å². The summed E-state index contributed by atoms with van der Waals surface area (Å²) in [6.07, 6.45) is 5.99. The smallest absolute Gasteiger partial charge is 0.252 e. The highest BCUT2D eigenvalue weighted by molar-refractivity contribution is 6.07. The van der Waals surface area contributed by atoms with Gasteiger partial charge in [-0.25, -0.2) is 4.98 Å². The fourth-order valence-corrected chi connectivity index (χ4v) is 2.97. The number of hydrogen-bond donors (Lipinski definition) is 1. The Morgan fingerprint density at radius 2 is 1.70 bits per heavy atom. The number of hydrogen-bond acceptors (Lipinski definition) is 4. The van der Waals surface area contributed by atoms with Gasteiger partial charge in [0.1, 0.15) is 0 Å². The first kappa shape index (κ1) is 16.8. The van der Waals surface area contributed by atoms with Crippen LogP contribution in [-0.2, 0) is 6.42 Å². The molecule has 5 heteroatoms. The number of benzene rings is 1. The van der Waals surface area contributed by atoms with E-state index in [4.69, 9.17) is 0 Å². The molecular formula is C22H18N4O. The predicted molar refractivity (Wildman–Crippen MR) is 105 cm³/mol. The van der Waals surface area contributed by atoms with Crippen molar-refractivity contribution in [3.05, 3.63) is 90.4 Å². The number of pyridine rings is 3. The average molecular weight is 354 g/mol. The first-order valence-corrected chi connectivity index (χ1v) is 8.79. The Balaban J connectivity index is 1.62. The van der Waals surface area contributed by atoms with Crippen LogP contribution in [0.15, 0.2) is 79.3 Å². The molecule has 0 aliphatic heterocycles. The molecule has 0 aliphatic carbocycles. The van der Waals surface area contributed by atoms with Gasteiger partial charge in [-0.3, -0.25) is 14.8 Å². The van der Waals surface area contributed by atoms with E-state index in [-0.39, 0.29) is 5.91 Å². The number of amides is 1. The Kier molecular flexibility index (Phi) is 4.83. The van der Waals surface area contributed by atoms with Crippen molar-refractivity contribution < 1.29 is 4.79 Å². The first-order chi connectivity index (χ1) is 13.3. The minimum atomic E-state index is -0.111. The number of nitrogens with one attached hydrogen (secondary N) is 1. The molecule has 0 atom stereocenters. The molecule has 4 rings (SSSR count). The maximum Gasteiger partial charge on any atom is 0.252 e. The Morgan fingerprint density at radius 1 is 0.889 bits per heavy atom. The quantitative estimate of drug-likeness (QED) is 0.594. The van der Waals surface area contributed by atoms with Crippen LogP contribution in [0.4, 0.5) is 0 Å². The van der Waals surface area contributed by atoms with Crippen molar-refractivity contribution in [2.75, 3.05) is 6.54 Å². The normalized spacial score (nSPS) is 10.7. The molecule has 27 heavy (non-hydrogen) atoms. The molecule has 0 saturated carbocycles. The van der Waals surface area contributed by atoms with Gasteiger partial charge in [0.05, 0.1) is 22.5 Å². The summed E-state index contributed by atoms with van der Waals surface area (Å²) in [7, 11) is 0. The summed E-state index contributed by atoms with van der Waals surface area (Å²) in [5.41, 5.74) is 3.96. The molecule has 3 heterocycles. The molecule has 5 nitrogen and oxygen atoms in total. The number of aromatic nitrogens is 3. The molecule has 0 bridgehead atoms. The van der Waals surface area contributed by atoms with E-state index in [2.05, 4.69) is 20.3 Å². The maximum absolute atomic E-state index is 12.9. The second-order valence-electron chi connectivity index (χ2n) is 6.15. The van der Waals surface area contributed by atoms with E-state index in [1.807, 2.05) is 60.7 Å². The van der Waals surface area contributed by atoms with Crippen LogP contribution in [0.2, 0.25) is 0 Å². The van der Waals surface area contributed by atoms with Crippen LogP contribution in [0.25, 0.3) is 22.3 Å². The number of carbonyl (C=O) groups excluding carboxylic acids is 1. The van der Waals surface area contributed by atoms with Crippen LogP contribution in [0.5, 0.6) is 0 Å². The molecule has 3 aromatic heterocycles. The summed E-state index contributed by atoms with van der Waals surface area (Å²) in [6, 6.07) is 19.0. The zero-order valence-corrected chi connectivity index (χ0v) is 14.7. The minimum absolute atomic E-state index is 0.111. The van der Waals surface area contributed by atoms with Gasteiger partial charge in [-0.15, -0.1) is 0 Å². The van der Waals surface area contributed by atoms with E-state index >= 15 is 0 Å². The van der Waals surface area contributed by atoms with Crippen LogP contribution in [-0.4, -0.2) is 27.4 Å². The highest BCUT2D eigenvalue weighted by Gasteiger charge is 2.14. The molecule has 0 radical (unpaired) electrons. The lowest BCUT2D eigenvalue weighted by molar-refractivity contribution is 0.0956. The van der Waals surface area contributed by atoms with Gasteiger partial charge in [0.25, 0.3) is 5.91 Å². The molecule has 1 amide bonds. The summed E-state index contributed by atoms with van der Waals surface area (Å²) >= 11 is 0. The third-order valence-electron chi connectivity index (χ3n) is 4.34. The number of rotatable bonds is 5. The number of para-hydroxylation sites is 1. The lowest BCUT2D eigenvalue weighted by Crippen LogP contribution is -2.26. The number of fused-ring (bicyclic) bond motifs is 1. The van der Waals surface area contributed by atoms with Crippen molar-refractivity contribution in [1.82, 2.24) is 20.3 Å². The minimum Gasteiger partial charge on any atom is -0.352 e. The van der Waals surface area contributed by atoms with Crippen molar-refractivity contribution in [2.45, 2.75) is 6.42 Å². The fraction of sp³-hybridized carbons (Fsp3) is 0.0909. The molecule has 1 aromatic carbocycles. The van der Waals surface area contributed by atoms with E-state index in [0.29, 0.717) is 17.8 Å². The Morgan fingerprint density at radius 3 is 2.52 bits per heavy atom. The van der Waals surface area contributed by atoms with Crippen LogP contribution < -0.4 is 5.32 Å². The largest absolute Gasteiger partial charge is 0.352 e. The van der Waals surface area contributed by atoms with Crippen LogP contribution in [0.3, 0.4) is 0 Å². The van der Waals surface area contributed by atoms with Crippen LogP contribution in [0.1, 0.15) is 15.9 Å². The molecule has 4 aromatic rings. The standard InChI is InChI=1S/C22H18N4O/c27-22(25-14-10-16-8-12-23-13-9-16)18-15-21(20-7-3-4-11-24-20)26-19-6-2-1-5-17(18)19/h1-9,11-13,15H,10,14H2,(H,25,27). The first-order valence-electron chi connectivity index (χ1n) is 8.79. The lowest BCUT2D eigenvalue weighted by atomic mass is 10.1. The molecule has 0 fully saturated rings. The van der Waals surface area contributed by atoms with Gasteiger partial charge in [-0.1, -0.05) is 24.3 Å². The third-order valence-corrected chi connectivity index (χ3v) is 4.34. The van der Waals surface area contributed by atoms with Gasteiger partial charge in [-0.05, 0) is 48.4 Å². The van der Waals surface area contributed by atoms with Crippen molar-refractivity contribution in [1.29, 1.82) is 0 Å². The van der Waals surface area contributed by atoms with Gasteiger partial charge in [0, 0.05) is 30.5 Å². The molecule has 132 valence electrons. The SMILES string of the molecule is O=C(NCCc1ccncc1)c1cc(-c2ccccn2)nc2ccccc12. The highest BCUT2D eigenvalue weighted by Crippen LogP contribution is 2.23. The Labute approximate surface area is 157 Å². The summed E-state index contributed by atoms with van der Waals surface area (Å²) < 4.78 is 0. The van der Waals surface area contributed by atoms with Gasteiger partial charge >= 0.3 is 0 Å². The van der Waals surface area contributed by atoms with Crippen molar-refractivity contribution >= 4 is 16.8 Å². The van der Waals surface area contributed by atoms with Gasteiger partial charge in [0.15, 0.2) is 0 Å². The molecule has 0 aliphatic rings. The summed E-state index contributed by atoms with van der Waals surface area (Å²) in [6.45, 7) is 0.554. The fourth-order valence-electron chi connectivity index (χ4n) is 2.97. The van der Waals surface area contributed by atoms with Crippen molar-refractivity contribution in [3.63, 3.8) is 0 Å². The third kappa shape index (κ3) is 3.82. The predicted octanol–water partition coefficient (Wildman–Crippen LogP) is 3.66. The highest BCUT2D eigenvalue weighted by atomic mass is 16.1. The second kappa shape index (κ2) is 7.74. The molecular weight excluding hydrogens is 336 g/mol. The van der Waals surface area contributed by atoms with Crippen LogP contribution >= 0.6 is 0 Å². The zero-order chi connectivity index (χ0) is 18.5. The number of carbonyl (C=O) groups is 1. The van der Waals surface area contributed by atoms with Gasteiger partial charge in [-0.2, -0.15) is 0 Å². The number of nitrogens with zero attached hydrogens (tertiary/aromatic N) is 3. The average Bonchev–Trinajstić information content (AvgIpc) is 2.74. The van der Waals surface area contributed by atoms with Gasteiger partial charge in [0.2, 0.25) is 0 Å².